The van der Waals surface area contributed by atoms with Crippen molar-refractivity contribution in [3.8, 4) is 0 Å². The summed E-state index contributed by atoms with van der Waals surface area (Å²) in [6.45, 7) is 0. The number of rotatable bonds is 0. The molecule has 1 aromatic heterocycles. The fourth-order valence-electron chi connectivity index (χ4n) is 0.879. The first-order chi connectivity index (χ1) is 6.14. The smallest absolute Gasteiger partial charge is 0.430 e. The summed E-state index contributed by atoms with van der Waals surface area (Å²) >= 11 is 0. The highest BCUT2D eigenvalue weighted by molar-refractivity contribution is 5.22. The molecule has 0 spiro atoms. The molecule has 0 aliphatic rings. The molecule has 80 valence electrons. The third-order valence-electron chi connectivity index (χ3n) is 1.46. The Kier molecular flexibility index (Phi) is 2.17. The van der Waals surface area contributed by atoms with Crippen molar-refractivity contribution in [2.75, 3.05) is 0 Å². The van der Waals surface area contributed by atoms with E-state index in [0.717, 1.165) is 0 Å². The monoisotopic (exact) mass is 217 g/mol. The number of hydrogen-bond acceptors (Lipinski definition) is 0. The molecular formula is C6H3F6N2-. The molecule has 0 saturated heterocycles. The molecule has 0 fully saturated rings. The van der Waals surface area contributed by atoms with Gasteiger partial charge in [0.1, 0.15) is 11.4 Å². The van der Waals surface area contributed by atoms with Gasteiger partial charge in [0.2, 0.25) is 0 Å². The van der Waals surface area contributed by atoms with Gasteiger partial charge in [0.15, 0.2) is 0 Å². The topological polar surface area (TPSA) is 28.7 Å². The Morgan fingerprint density at radius 1 is 0.857 bits per heavy atom. The summed E-state index contributed by atoms with van der Waals surface area (Å²) in [5.41, 5.74) is -3.30. The first kappa shape index (κ1) is 10.7. The molecule has 0 radical (unpaired) electrons. The lowest BCUT2D eigenvalue weighted by Gasteiger charge is -2.18. The van der Waals surface area contributed by atoms with Crippen LogP contribution in [0.1, 0.15) is 11.4 Å². The maximum atomic E-state index is 11.9. The Bertz CT molecular complexity index is 302. The Balaban J connectivity index is 3.23. The fourth-order valence-corrected chi connectivity index (χ4v) is 0.879. The highest BCUT2D eigenvalue weighted by Crippen LogP contribution is 2.36. The average Bonchev–Trinajstić information content (AvgIpc) is 2.26. The molecule has 1 rings (SSSR count). The van der Waals surface area contributed by atoms with E-state index < -0.39 is 28.4 Å². The van der Waals surface area contributed by atoms with Crippen LogP contribution in [0, 0.1) is 0 Å². The van der Waals surface area contributed by atoms with Gasteiger partial charge in [-0.25, -0.2) is 0 Å². The lowest BCUT2D eigenvalue weighted by atomic mass is 10.4. The number of hydrogen-bond donors (Lipinski definition) is 0. The first-order valence-corrected chi connectivity index (χ1v) is 3.22. The van der Waals surface area contributed by atoms with Crippen molar-refractivity contribution in [1.82, 2.24) is 4.68 Å². The van der Waals surface area contributed by atoms with Crippen LogP contribution in [0.15, 0.2) is 12.1 Å². The van der Waals surface area contributed by atoms with E-state index in [0.29, 0.717) is 0 Å². The minimum atomic E-state index is -4.95. The predicted octanol–water partition coefficient (Wildman–Crippen LogP) is 3.34. The highest BCUT2D eigenvalue weighted by Gasteiger charge is 2.38. The van der Waals surface area contributed by atoms with Gasteiger partial charge in [-0.3, -0.25) is 0 Å². The first-order valence-electron chi connectivity index (χ1n) is 3.22. The number of nitrogens with zero attached hydrogens (tertiary/aromatic N) is 1. The van der Waals surface area contributed by atoms with Gasteiger partial charge in [0.05, 0.1) is 0 Å². The molecule has 0 amide bonds. The maximum Gasteiger partial charge on any atom is 0.430 e. The number of alkyl halides is 6. The zero-order valence-electron chi connectivity index (χ0n) is 6.37. The second-order valence-corrected chi connectivity index (χ2v) is 2.43. The molecular weight excluding hydrogens is 214 g/mol. The van der Waals surface area contributed by atoms with Crippen molar-refractivity contribution in [3.05, 3.63) is 29.4 Å². The maximum absolute atomic E-state index is 11.9. The number of halogens is 6. The zero-order chi connectivity index (χ0) is 11.1. The largest absolute Gasteiger partial charge is 0.631 e. The molecule has 1 N–H and O–H groups in total. The molecule has 0 aliphatic heterocycles. The van der Waals surface area contributed by atoms with Crippen molar-refractivity contribution in [2.45, 2.75) is 12.4 Å². The van der Waals surface area contributed by atoms with Crippen LogP contribution >= 0.6 is 0 Å². The molecule has 1 heterocycles. The molecule has 0 aliphatic carbocycles. The Hall–Kier alpha value is -1.34. The summed E-state index contributed by atoms with van der Waals surface area (Å²) in [7, 11) is 0. The summed E-state index contributed by atoms with van der Waals surface area (Å²) in [5, 5.41) is 0. The van der Waals surface area contributed by atoms with Crippen LogP contribution in [-0.2, 0) is 12.4 Å². The molecule has 0 unspecified atom stereocenters. The van der Waals surface area contributed by atoms with Gasteiger partial charge in [-0.15, -0.1) is 0 Å². The van der Waals surface area contributed by atoms with E-state index in [-0.39, 0.29) is 12.1 Å². The van der Waals surface area contributed by atoms with E-state index in [9.17, 15) is 26.3 Å². The average molecular weight is 217 g/mol. The van der Waals surface area contributed by atoms with Crippen molar-refractivity contribution in [3.63, 3.8) is 0 Å². The third kappa shape index (κ3) is 1.78. The summed E-state index contributed by atoms with van der Waals surface area (Å²) in [6.07, 6.45) is -9.91. The molecule has 0 bridgehead atoms. The second kappa shape index (κ2) is 2.82. The van der Waals surface area contributed by atoms with Gasteiger partial charge in [-0.05, 0) is 12.1 Å². The lowest BCUT2D eigenvalue weighted by Crippen LogP contribution is -2.15. The van der Waals surface area contributed by atoms with E-state index in [4.69, 9.17) is 5.84 Å². The molecule has 8 heteroatoms. The molecule has 14 heavy (non-hydrogen) atoms. The highest BCUT2D eigenvalue weighted by atomic mass is 19.4. The van der Waals surface area contributed by atoms with Crippen LogP contribution in [0.3, 0.4) is 0 Å². The predicted molar refractivity (Wildman–Crippen MR) is 34.2 cm³/mol. The van der Waals surface area contributed by atoms with Gasteiger partial charge >= 0.3 is 12.4 Å². The SMILES string of the molecule is [NH-]n1c(C(F)(F)F)ccc1C(F)(F)F. The van der Waals surface area contributed by atoms with Gasteiger partial charge in [-0.1, -0.05) is 0 Å². The van der Waals surface area contributed by atoms with E-state index in [2.05, 4.69) is 0 Å². The fraction of sp³-hybridized carbons (Fsp3) is 0.333. The van der Waals surface area contributed by atoms with Crippen LogP contribution in [0.4, 0.5) is 26.3 Å². The minimum absolute atomic E-state index is 0.218. The van der Waals surface area contributed by atoms with Crippen LogP contribution in [0.2, 0.25) is 0 Å². The van der Waals surface area contributed by atoms with Crippen molar-refractivity contribution in [1.29, 1.82) is 0 Å². The second-order valence-electron chi connectivity index (χ2n) is 2.43. The van der Waals surface area contributed by atoms with Crippen LogP contribution in [0.5, 0.6) is 0 Å². The molecule has 1 aromatic rings. The molecule has 0 atom stereocenters. The van der Waals surface area contributed by atoms with E-state index in [1.54, 1.807) is 0 Å². The van der Waals surface area contributed by atoms with Gasteiger partial charge in [-0.2, -0.15) is 26.3 Å². The van der Waals surface area contributed by atoms with Gasteiger partial charge < -0.3 is 10.5 Å². The molecule has 0 saturated carbocycles. The van der Waals surface area contributed by atoms with E-state index in [1.165, 1.54) is 0 Å². The number of nitrogens with one attached hydrogen (secondary N) is 1. The Labute approximate surface area is 73.9 Å². The molecule has 0 aromatic carbocycles. The summed E-state index contributed by atoms with van der Waals surface area (Å²) in [5.74, 6) is 6.61. The van der Waals surface area contributed by atoms with Crippen molar-refractivity contribution in [2.24, 2.45) is 0 Å². The summed E-state index contributed by atoms with van der Waals surface area (Å²) < 4.78 is 71.0. The lowest BCUT2D eigenvalue weighted by molar-refractivity contribution is -0.150. The van der Waals surface area contributed by atoms with Crippen LogP contribution in [0.25, 0.3) is 5.84 Å². The van der Waals surface area contributed by atoms with E-state index in [1.807, 2.05) is 0 Å². The molecule has 2 nitrogen and oxygen atoms in total. The van der Waals surface area contributed by atoms with Crippen molar-refractivity contribution < 1.29 is 26.3 Å². The summed E-state index contributed by atoms with van der Waals surface area (Å²) in [4.78, 5) is 0. The van der Waals surface area contributed by atoms with Gasteiger partial charge in [0, 0.05) is 0 Å². The normalized spacial score (nSPS) is 13.3. The minimum Gasteiger partial charge on any atom is -0.631 e. The van der Waals surface area contributed by atoms with Crippen molar-refractivity contribution >= 4 is 0 Å². The van der Waals surface area contributed by atoms with Gasteiger partial charge in [0.25, 0.3) is 0 Å². The standard InChI is InChI=1S/C6H3F6N2/c7-5(8,9)3-1-2-4(14(3)13)6(10,11)12/h1-2,13H/q-1. The summed E-state index contributed by atoms with van der Waals surface area (Å²) in [6, 6.07) is 0.436. The number of aromatic nitrogens is 1. The zero-order valence-corrected chi connectivity index (χ0v) is 6.37. The van der Waals surface area contributed by atoms with E-state index >= 15 is 0 Å². The quantitative estimate of drug-likeness (QED) is 0.596. The van der Waals surface area contributed by atoms with Crippen LogP contribution < -0.4 is 0 Å². The van der Waals surface area contributed by atoms with Crippen LogP contribution in [-0.4, -0.2) is 4.68 Å². The third-order valence-corrected chi connectivity index (χ3v) is 1.46. The Morgan fingerprint density at radius 3 is 1.29 bits per heavy atom. The Morgan fingerprint density at radius 2 is 1.14 bits per heavy atom.